The number of ether oxygens (including phenoxy) is 3. The maximum atomic E-state index is 9.45. The molecule has 6 rings (SSSR count). The number of nitrogens with zero attached hydrogens (tertiary/aromatic N) is 3. The van der Waals surface area contributed by atoms with Crippen molar-refractivity contribution in [1.82, 2.24) is 0 Å². The van der Waals surface area contributed by atoms with E-state index in [1.165, 1.54) is 0 Å². The zero-order valence-corrected chi connectivity index (χ0v) is 20.4. The molecule has 0 aromatic heterocycles. The molecule has 0 bridgehead atoms. The summed E-state index contributed by atoms with van der Waals surface area (Å²) in [5.41, 5.74) is 3.75. The molecule has 0 aliphatic carbocycles. The molecule has 0 atom stereocenters. The lowest BCUT2D eigenvalue weighted by molar-refractivity contribution is 0.508. The first-order valence-corrected chi connectivity index (χ1v) is 12.0. The molecule has 0 aliphatic heterocycles. The molecular weight excluding hydrogens is 486 g/mol. The van der Waals surface area contributed by atoms with Crippen molar-refractivity contribution in [3.8, 4) is 58.3 Å². The van der Waals surface area contributed by atoms with Crippen LogP contribution < -0.4 is 14.2 Å². The number of fused-ring (bicyclic) bond motifs is 3. The van der Waals surface area contributed by atoms with Crippen LogP contribution in [0, 0.1) is 34.6 Å². The summed E-state index contributed by atoms with van der Waals surface area (Å²) in [4.78, 5) is 0. The number of hydrogen-bond donors (Lipinski definition) is 0. The van der Waals surface area contributed by atoms with Gasteiger partial charge in [-0.3, -0.25) is 0 Å². The second kappa shape index (κ2) is 9.79. The van der Waals surface area contributed by atoms with Gasteiger partial charge in [0.15, 0.2) is 5.75 Å². The summed E-state index contributed by atoms with van der Waals surface area (Å²) in [6.45, 7) is 0. The summed E-state index contributed by atoms with van der Waals surface area (Å²) in [7, 11) is 0. The molecule has 6 nitrogen and oxygen atoms in total. The average molecular weight is 504 g/mol. The maximum Gasteiger partial charge on any atom is 0.292 e. The van der Waals surface area contributed by atoms with Crippen molar-refractivity contribution < 1.29 is 14.2 Å². The van der Waals surface area contributed by atoms with Crippen molar-refractivity contribution in [1.29, 1.82) is 15.8 Å². The highest BCUT2D eigenvalue weighted by atomic mass is 16.5. The Kier molecular flexibility index (Phi) is 5.87. The van der Waals surface area contributed by atoms with E-state index in [4.69, 9.17) is 24.7 Å². The molecule has 0 spiro atoms. The van der Waals surface area contributed by atoms with E-state index in [2.05, 4.69) is 6.07 Å². The van der Waals surface area contributed by atoms with E-state index in [1.807, 2.05) is 85.1 Å². The summed E-state index contributed by atoms with van der Waals surface area (Å²) in [6, 6.07) is 32.8. The van der Waals surface area contributed by atoms with Crippen molar-refractivity contribution in [3.05, 3.63) is 103 Å². The van der Waals surface area contributed by atoms with E-state index in [0.29, 0.717) is 17.2 Å². The van der Waals surface area contributed by atoms with E-state index in [-0.39, 0.29) is 0 Å². The fraction of sp³-hybridized carbons (Fsp3) is 0. The van der Waals surface area contributed by atoms with Gasteiger partial charge in [0, 0.05) is 5.39 Å². The zero-order chi connectivity index (χ0) is 26.8. The highest BCUT2D eigenvalue weighted by Gasteiger charge is 2.17. The predicted molar refractivity (Wildman–Crippen MR) is 149 cm³/mol. The third kappa shape index (κ3) is 4.07. The molecule has 6 aromatic carbocycles. The Bertz CT molecular complexity index is 2050. The molecule has 0 saturated carbocycles. The van der Waals surface area contributed by atoms with E-state index in [0.717, 1.165) is 54.6 Å². The Morgan fingerprint density at radius 1 is 0.436 bits per heavy atom. The molecule has 182 valence electrons. The first-order chi connectivity index (χ1) is 19.2. The molecule has 0 amide bonds. The predicted octanol–water partition coefficient (Wildman–Crippen LogP) is 8.06. The third-order valence-electron chi connectivity index (χ3n) is 6.77. The van der Waals surface area contributed by atoms with Crippen LogP contribution in [0.2, 0.25) is 0 Å². The Balaban J connectivity index is 1.65. The van der Waals surface area contributed by atoms with Crippen LogP contribution in [-0.4, -0.2) is 0 Å². The molecule has 0 fully saturated rings. The van der Waals surface area contributed by atoms with Gasteiger partial charge in [-0.25, -0.2) is 0 Å². The van der Waals surface area contributed by atoms with Gasteiger partial charge in [-0.2, -0.15) is 0 Å². The Hall–Kier alpha value is -6.03. The van der Waals surface area contributed by atoms with Crippen LogP contribution >= 0.6 is 0 Å². The normalized spacial score (nSPS) is 10.5. The van der Waals surface area contributed by atoms with Crippen molar-refractivity contribution in [2.45, 2.75) is 0 Å². The van der Waals surface area contributed by atoms with Crippen LogP contribution in [0.15, 0.2) is 103 Å². The van der Waals surface area contributed by atoms with Gasteiger partial charge in [0.1, 0.15) is 11.5 Å². The van der Waals surface area contributed by atoms with Crippen molar-refractivity contribution in [3.63, 3.8) is 0 Å². The van der Waals surface area contributed by atoms with Crippen LogP contribution in [0.1, 0.15) is 0 Å². The molecule has 0 unspecified atom stereocenters. The lowest BCUT2D eigenvalue weighted by Crippen LogP contribution is -1.92. The number of hydrogen-bond acceptors (Lipinski definition) is 6. The molecule has 6 aromatic rings. The van der Waals surface area contributed by atoms with Gasteiger partial charge in [-0.05, 0) is 79.5 Å². The van der Waals surface area contributed by atoms with Gasteiger partial charge in [0.05, 0.1) is 0 Å². The van der Waals surface area contributed by atoms with Crippen molar-refractivity contribution in [2.75, 3.05) is 0 Å². The van der Waals surface area contributed by atoms with Gasteiger partial charge >= 0.3 is 0 Å². The monoisotopic (exact) mass is 503 g/mol. The minimum absolute atomic E-state index is 0.443. The topological polar surface area (TPSA) is 99.1 Å². The summed E-state index contributed by atoms with van der Waals surface area (Å²) >= 11 is 0. The van der Waals surface area contributed by atoms with Crippen molar-refractivity contribution >= 4 is 32.3 Å². The standard InChI is InChI=1S/C33H17N3O3/c34-18-37-23-12-13-25-22(16-23)5-2-6-26(25)28-14-15-30(33-29(28)8-3-9-32(33)39-20-36)27-7-1-4-21-10-11-24(38-19-35)17-31(21)27/h1-17H. The van der Waals surface area contributed by atoms with Gasteiger partial charge in [0.2, 0.25) is 0 Å². The summed E-state index contributed by atoms with van der Waals surface area (Å²) in [6.07, 6.45) is 5.28. The first-order valence-electron chi connectivity index (χ1n) is 12.0. The minimum Gasteiger partial charge on any atom is -0.388 e. The molecule has 0 heterocycles. The van der Waals surface area contributed by atoms with Gasteiger partial charge in [-0.1, -0.05) is 72.8 Å². The number of nitriles is 3. The Labute approximate surface area is 223 Å². The highest BCUT2D eigenvalue weighted by Crippen LogP contribution is 2.44. The minimum atomic E-state index is 0.443. The van der Waals surface area contributed by atoms with Gasteiger partial charge in [0.25, 0.3) is 18.8 Å². The van der Waals surface area contributed by atoms with Crippen LogP contribution in [-0.2, 0) is 0 Å². The van der Waals surface area contributed by atoms with Crippen LogP contribution in [0.5, 0.6) is 17.2 Å². The Morgan fingerprint density at radius 3 is 1.82 bits per heavy atom. The zero-order valence-electron chi connectivity index (χ0n) is 20.4. The summed E-state index contributed by atoms with van der Waals surface area (Å²) in [5.74, 6) is 1.36. The molecule has 0 N–H and O–H groups in total. The van der Waals surface area contributed by atoms with E-state index >= 15 is 0 Å². The van der Waals surface area contributed by atoms with Crippen LogP contribution in [0.4, 0.5) is 0 Å². The fourth-order valence-corrected chi connectivity index (χ4v) is 5.18. The molecule has 0 aliphatic rings. The quantitative estimate of drug-likeness (QED) is 0.221. The van der Waals surface area contributed by atoms with E-state index < -0.39 is 0 Å². The highest BCUT2D eigenvalue weighted by molar-refractivity contribution is 6.14. The fourth-order valence-electron chi connectivity index (χ4n) is 5.18. The average Bonchev–Trinajstić information content (AvgIpc) is 2.97. The van der Waals surface area contributed by atoms with Gasteiger partial charge < -0.3 is 14.2 Å². The molecule has 6 heteroatoms. The lowest BCUT2D eigenvalue weighted by atomic mass is 9.88. The molecule has 39 heavy (non-hydrogen) atoms. The number of rotatable bonds is 5. The molecule has 0 saturated heterocycles. The van der Waals surface area contributed by atoms with Crippen LogP contribution in [0.3, 0.4) is 0 Å². The van der Waals surface area contributed by atoms with E-state index in [9.17, 15) is 5.26 Å². The molecule has 0 radical (unpaired) electrons. The van der Waals surface area contributed by atoms with Crippen molar-refractivity contribution in [2.24, 2.45) is 0 Å². The largest absolute Gasteiger partial charge is 0.388 e. The first kappa shape index (κ1) is 23.4. The third-order valence-corrected chi connectivity index (χ3v) is 6.77. The van der Waals surface area contributed by atoms with Crippen LogP contribution in [0.25, 0.3) is 54.6 Å². The van der Waals surface area contributed by atoms with E-state index in [1.54, 1.807) is 30.7 Å². The Morgan fingerprint density at radius 2 is 1.05 bits per heavy atom. The summed E-state index contributed by atoms with van der Waals surface area (Å²) in [5, 5.41) is 32.9. The second-order valence-electron chi connectivity index (χ2n) is 8.80. The number of benzene rings is 6. The smallest absolute Gasteiger partial charge is 0.292 e. The second-order valence-corrected chi connectivity index (χ2v) is 8.80. The molecular formula is C33H17N3O3. The lowest BCUT2D eigenvalue weighted by Gasteiger charge is -2.17. The van der Waals surface area contributed by atoms with Gasteiger partial charge in [-0.15, -0.1) is 15.8 Å². The maximum absolute atomic E-state index is 9.45. The SMILES string of the molecule is N#COc1ccc2c(-c3ccc(-c4cccc5ccc(OC#N)cc45)c4c(OC#N)cccc34)cccc2c1. The summed E-state index contributed by atoms with van der Waals surface area (Å²) < 4.78 is 15.6.